The Balaban J connectivity index is 1.88. The van der Waals surface area contributed by atoms with Gasteiger partial charge < -0.3 is 19.5 Å². The average molecular weight is 501 g/mol. The highest BCUT2D eigenvalue weighted by Crippen LogP contribution is 2.42. The summed E-state index contributed by atoms with van der Waals surface area (Å²) in [4.78, 5) is 32.4. The number of para-hydroxylation sites is 1. The van der Waals surface area contributed by atoms with Gasteiger partial charge in [-0.2, -0.15) is 0 Å². The molecule has 1 fully saturated rings. The molecule has 192 valence electrons. The van der Waals surface area contributed by atoms with Gasteiger partial charge in [-0.15, -0.1) is 0 Å². The number of nitrogens with zero attached hydrogens (tertiary/aromatic N) is 2. The summed E-state index contributed by atoms with van der Waals surface area (Å²) in [6, 6.07) is 15.4. The van der Waals surface area contributed by atoms with E-state index in [2.05, 4.69) is 25.8 Å². The van der Waals surface area contributed by atoms with Crippen molar-refractivity contribution in [2.24, 2.45) is 0 Å². The highest BCUT2D eigenvalue weighted by Gasteiger charge is 2.46. The summed E-state index contributed by atoms with van der Waals surface area (Å²) in [6.07, 6.45) is 3.23. The predicted molar refractivity (Wildman–Crippen MR) is 141 cm³/mol. The normalized spacial score (nSPS) is 17.2. The van der Waals surface area contributed by atoms with E-state index in [0.717, 1.165) is 11.1 Å². The van der Waals surface area contributed by atoms with Crippen LogP contribution in [0.15, 0.2) is 72.6 Å². The Labute approximate surface area is 217 Å². The van der Waals surface area contributed by atoms with E-state index in [9.17, 15) is 14.7 Å². The van der Waals surface area contributed by atoms with Crippen LogP contribution in [-0.4, -0.2) is 40.4 Å². The van der Waals surface area contributed by atoms with Gasteiger partial charge in [-0.3, -0.25) is 14.6 Å². The van der Waals surface area contributed by atoms with Crippen LogP contribution >= 0.6 is 0 Å². The zero-order valence-electron chi connectivity index (χ0n) is 21.8. The second-order valence-electron chi connectivity index (χ2n) is 9.92. The number of aliphatic hydroxyl groups excluding tert-OH is 1. The first-order valence-corrected chi connectivity index (χ1v) is 12.2. The molecule has 0 saturated carbocycles. The zero-order valence-corrected chi connectivity index (χ0v) is 21.8. The van der Waals surface area contributed by atoms with Crippen molar-refractivity contribution < 1.29 is 24.2 Å². The van der Waals surface area contributed by atoms with Crippen LogP contribution in [0.4, 0.5) is 0 Å². The van der Waals surface area contributed by atoms with Crippen LogP contribution in [0.3, 0.4) is 0 Å². The number of pyridine rings is 1. The fraction of sp³-hybridized carbons (Fsp3) is 0.300. The van der Waals surface area contributed by atoms with Crippen molar-refractivity contribution in [3.63, 3.8) is 0 Å². The van der Waals surface area contributed by atoms with Gasteiger partial charge in [-0.05, 0) is 48.2 Å². The van der Waals surface area contributed by atoms with Gasteiger partial charge in [-0.25, -0.2) is 0 Å². The Kier molecular flexibility index (Phi) is 7.34. The van der Waals surface area contributed by atoms with E-state index >= 15 is 0 Å². The van der Waals surface area contributed by atoms with E-state index in [1.807, 2.05) is 31.2 Å². The van der Waals surface area contributed by atoms with Gasteiger partial charge in [0.05, 0.1) is 31.9 Å². The monoisotopic (exact) mass is 500 g/mol. The fourth-order valence-corrected chi connectivity index (χ4v) is 4.64. The van der Waals surface area contributed by atoms with Crippen LogP contribution in [0.2, 0.25) is 0 Å². The lowest BCUT2D eigenvalue weighted by Gasteiger charge is -2.26. The summed E-state index contributed by atoms with van der Waals surface area (Å²) >= 11 is 0. The standard InChI is InChI=1S/C30H32N2O5/c1-6-37-24-14-13-19(16-22(24)30(2,3)4)27(33)25-26(20-11-9-15-31-17-20)32(29(35)28(25)34)18-21-10-7-8-12-23(21)36-5/h7-17,26,33H,6,18H2,1-5H3/b27-25-. The Hall–Kier alpha value is -4.13. The molecule has 1 amide bonds. The minimum absolute atomic E-state index is 0.0249. The molecule has 1 saturated heterocycles. The van der Waals surface area contributed by atoms with Gasteiger partial charge >= 0.3 is 0 Å². The largest absolute Gasteiger partial charge is 0.507 e. The second-order valence-corrected chi connectivity index (χ2v) is 9.92. The molecule has 1 atom stereocenters. The van der Waals surface area contributed by atoms with E-state index in [4.69, 9.17) is 9.47 Å². The number of amides is 1. The number of hydrogen-bond acceptors (Lipinski definition) is 6. The zero-order chi connectivity index (χ0) is 26.7. The molecule has 0 radical (unpaired) electrons. The third-order valence-electron chi connectivity index (χ3n) is 6.43. The minimum atomic E-state index is -0.816. The van der Waals surface area contributed by atoms with Crippen molar-refractivity contribution in [1.82, 2.24) is 9.88 Å². The number of hydrogen-bond donors (Lipinski definition) is 1. The second kappa shape index (κ2) is 10.5. The van der Waals surface area contributed by atoms with E-state index in [1.54, 1.807) is 49.8 Å². The summed E-state index contributed by atoms with van der Waals surface area (Å²) in [5.74, 6) is -0.346. The number of carbonyl (C=O) groups is 2. The maximum absolute atomic E-state index is 13.4. The topological polar surface area (TPSA) is 89.0 Å². The molecule has 4 rings (SSSR count). The molecule has 0 aliphatic carbocycles. The number of methoxy groups -OCH3 is 1. The maximum Gasteiger partial charge on any atom is 0.295 e. The van der Waals surface area contributed by atoms with Gasteiger partial charge in [-0.1, -0.05) is 45.0 Å². The summed E-state index contributed by atoms with van der Waals surface area (Å²) in [7, 11) is 1.56. The predicted octanol–water partition coefficient (Wildman–Crippen LogP) is 5.41. The number of aromatic nitrogens is 1. The van der Waals surface area contributed by atoms with E-state index in [1.165, 1.54) is 4.90 Å². The maximum atomic E-state index is 13.4. The van der Waals surface area contributed by atoms with Gasteiger partial charge in [0.2, 0.25) is 0 Å². The number of benzene rings is 2. The molecule has 2 heterocycles. The van der Waals surface area contributed by atoms with Crippen molar-refractivity contribution in [2.75, 3.05) is 13.7 Å². The lowest BCUT2D eigenvalue weighted by atomic mass is 9.84. The van der Waals surface area contributed by atoms with Crippen LogP contribution in [0.1, 0.15) is 56.0 Å². The molecule has 1 aromatic heterocycles. The third kappa shape index (κ3) is 5.07. The van der Waals surface area contributed by atoms with Crippen LogP contribution in [0, 0.1) is 0 Å². The van der Waals surface area contributed by atoms with Crippen LogP contribution in [-0.2, 0) is 21.5 Å². The van der Waals surface area contributed by atoms with E-state index < -0.39 is 17.7 Å². The third-order valence-corrected chi connectivity index (χ3v) is 6.43. The van der Waals surface area contributed by atoms with Crippen molar-refractivity contribution in [3.8, 4) is 11.5 Å². The van der Waals surface area contributed by atoms with Crippen LogP contribution < -0.4 is 9.47 Å². The SMILES string of the molecule is CCOc1ccc(/C(O)=C2/C(=O)C(=O)N(Cc3ccccc3OC)C2c2cccnc2)cc1C(C)(C)C. The molecular weight excluding hydrogens is 468 g/mol. The smallest absolute Gasteiger partial charge is 0.295 e. The number of carbonyl (C=O) groups excluding carboxylic acids is 2. The van der Waals surface area contributed by atoms with Crippen LogP contribution in [0.25, 0.3) is 5.76 Å². The first-order valence-electron chi connectivity index (χ1n) is 12.2. The fourth-order valence-electron chi connectivity index (χ4n) is 4.64. The lowest BCUT2D eigenvalue weighted by Crippen LogP contribution is -2.29. The number of ether oxygens (including phenoxy) is 2. The first kappa shape index (κ1) is 25.9. The Morgan fingerprint density at radius 1 is 1.05 bits per heavy atom. The van der Waals surface area contributed by atoms with E-state index in [-0.39, 0.29) is 23.3 Å². The molecule has 3 aromatic rings. The highest BCUT2D eigenvalue weighted by molar-refractivity contribution is 6.46. The van der Waals surface area contributed by atoms with Crippen molar-refractivity contribution in [3.05, 3.63) is 94.8 Å². The van der Waals surface area contributed by atoms with Gasteiger partial charge in [0, 0.05) is 29.1 Å². The van der Waals surface area contributed by atoms with Gasteiger partial charge in [0.25, 0.3) is 11.7 Å². The highest BCUT2D eigenvalue weighted by atomic mass is 16.5. The van der Waals surface area contributed by atoms with Crippen molar-refractivity contribution >= 4 is 17.4 Å². The van der Waals surface area contributed by atoms with Crippen molar-refractivity contribution in [2.45, 2.75) is 45.7 Å². The summed E-state index contributed by atoms with van der Waals surface area (Å²) < 4.78 is 11.3. The molecule has 37 heavy (non-hydrogen) atoms. The lowest BCUT2D eigenvalue weighted by molar-refractivity contribution is -0.140. The van der Waals surface area contributed by atoms with Crippen LogP contribution in [0.5, 0.6) is 11.5 Å². The number of Topliss-reactive ketones (excluding diaryl/α,β-unsaturated/α-hetero) is 1. The molecule has 1 unspecified atom stereocenters. The number of ketones is 1. The number of likely N-dealkylation sites (tertiary alicyclic amines) is 1. The molecule has 7 nitrogen and oxygen atoms in total. The summed E-state index contributed by atoms with van der Waals surface area (Å²) in [5, 5.41) is 11.5. The Morgan fingerprint density at radius 3 is 2.46 bits per heavy atom. The molecule has 2 aromatic carbocycles. The Morgan fingerprint density at radius 2 is 1.81 bits per heavy atom. The van der Waals surface area contributed by atoms with E-state index in [0.29, 0.717) is 29.2 Å². The molecule has 1 N–H and O–H groups in total. The molecule has 1 aliphatic rings. The molecular formula is C30H32N2O5. The van der Waals surface area contributed by atoms with Gasteiger partial charge in [0.15, 0.2) is 0 Å². The molecule has 1 aliphatic heterocycles. The van der Waals surface area contributed by atoms with Gasteiger partial charge in [0.1, 0.15) is 17.3 Å². The average Bonchev–Trinajstić information content (AvgIpc) is 3.14. The minimum Gasteiger partial charge on any atom is -0.507 e. The Bertz CT molecular complexity index is 1340. The first-order chi connectivity index (χ1) is 17.7. The molecule has 0 spiro atoms. The number of aliphatic hydroxyl groups is 1. The molecule has 0 bridgehead atoms. The summed E-state index contributed by atoms with van der Waals surface area (Å²) in [6.45, 7) is 8.70. The van der Waals surface area contributed by atoms with Crippen molar-refractivity contribution in [1.29, 1.82) is 0 Å². The quantitative estimate of drug-likeness (QED) is 0.265. The number of rotatable bonds is 7. The molecule has 7 heteroatoms. The summed E-state index contributed by atoms with van der Waals surface area (Å²) in [5.41, 5.74) is 2.45.